The highest BCUT2D eigenvalue weighted by Crippen LogP contribution is 2.35. The van der Waals surface area contributed by atoms with E-state index in [1.165, 1.54) is 6.20 Å². The Morgan fingerprint density at radius 2 is 2.03 bits per heavy atom. The molecule has 0 aliphatic rings. The van der Waals surface area contributed by atoms with E-state index in [2.05, 4.69) is 26.0 Å². The minimum atomic E-state index is 0.277. The number of pyridine rings is 3. The lowest BCUT2D eigenvalue weighted by Gasteiger charge is -2.11. The van der Waals surface area contributed by atoms with Crippen molar-refractivity contribution in [3.8, 4) is 35.0 Å². The van der Waals surface area contributed by atoms with Gasteiger partial charge in [-0.15, -0.1) is 0 Å². The topological polar surface area (TPSA) is 108 Å². The molecule has 0 fully saturated rings. The highest BCUT2D eigenvalue weighted by atomic mass is 32.2. The second kappa shape index (κ2) is 8.99. The zero-order valence-corrected chi connectivity index (χ0v) is 17.9. The zero-order chi connectivity index (χ0) is 21.8. The Morgan fingerprint density at radius 3 is 2.84 bits per heavy atom. The number of nitrogens with zero attached hydrogens (tertiary/aromatic N) is 6. The molecule has 0 bridgehead atoms. The smallest absolute Gasteiger partial charge is 0.225 e. The van der Waals surface area contributed by atoms with E-state index in [0.717, 1.165) is 29.1 Å². The quantitative estimate of drug-likeness (QED) is 0.309. The van der Waals surface area contributed by atoms with Gasteiger partial charge in [-0.2, -0.15) is 5.26 Å². The van der Waals surface area contributed by atoms with Gasteiger partial charge < -0.3 is 13.5 Å². The largest absolute Gasteiger partial charge is 0.437 e. The van der Waals surface area contributed by atoms with Crippen LogP contribution in [0.25, 0.3) is 22.7 Å². The Kier molecular flexibility index (Phi) is 5.97. The summed E-state index contributed by atoms with van der Waals surface area (Å²) in [7, 11) is 1.87. The van der Waals surface area contributed by atoms with E-state index in [1.54, 1.807) is 30.6 Å². The van der Waals surface area contributed by atoms with Gasteiger partial charge in [0.15, 0.2) is 23.0 Å². The monoisotopic (exact) mass is 434 g/mol. The fourth-order valence-corrected chi connectivity index (χ4v) is 3.21. The molecule has 0 saturated heterocycles. The third-order valence-corrected chi connectivity index (χ3v) is 4.84. The number of rotatable bonds is 7. The number of aromatic nitrogens is 5. The Bertz CT molecular complexity index is 1280. The standard InChI is InChI=1S/C21H18N6O3S/c1-4-28-31-30-17-9-15(29-18-8-14(10-22)5-6-23-18)12-24-19(17)21-26-16-7-13(2)11-25-20(16)27(21)3/h5-9,11-12H,4H2,1-3H3. The Hall–Kier alpha value is -3.68. The zero-order valence-electron chi connectivity index (χ0n) is 17.1. The molecule has 0 amide bonds. The number of imidazole rings is 1. The van der Waals surface area contributed by atoms with E-state index in [-0.39, 0.29) is 5.88 Å². The first-order valence-corrected chi connectivity index (χ1v) is 10.1. The third-order valence-electron chi connectivity index (χ3n) is 4.26. The molecule has 9 nitrogen and oxygen atoms in total. The first kappa shape index (κ1) is 20.6. The third kappa shape index (κ3) is 4.42. The second-order valence-electron chi connectivity index (χ2n) is 6.52. The first-order chi connectivity index (χ1) is 15.1. The summed E-state index contributed by atoms with van der Waals surface area (Å²) in [6, 6.07) is 8.84. The van der Waals surface area contributed by atoms with Crippen LogP contribution in [0.4, 0.5) is 0 Å². The lowest BCUT2D eigenvalue weighted by atomic mass is 10.3. The number of ether oxygens (including phenoxy) is 1. The van der Waals surface area contributed by atoms with Crippen molar-refractivity contribution in [2.75, 3.05) is 6.61 Å². The van der Waals surface area contributed by atoms with E-state index in [9.17, 15) is 0 Å². The van der Waals surface area contributed by atoms with Gasteiger partial charge in [-0.3, -0.25) is 4.18 Å². The van der Waals surface area contributed by atoms with Crippen molar-refractivity contribution < 1.29 is 13.1 Å². The number of nitriles is 1. The molecule has 0 aliphatic carbocycles. The molecule has 10 heteroatoms. The molecule has 31 heavy (non-hydrogen) atoms. The molecule has 4 aromatic heterocycles. The molecule has 0 aromatic carbocycles. The van der Waals surface area contributed by atoms with Crippen LogP contribution in [0.3, 0.4) is 0 Å². The van der Waals surface area contributed by atoms with Gasteiger partial charge in [0, 0.05) is 31.6 Å². The van der Waals surface area contributed by atoms with Gasteiger partial charge in [0.05, 0.1) is 24.4 Å². The van der Waals surface area contributed by atoms with Crippen molar-refractivity contribution in [1.82, 2.24) is 24.5 Å². The minimum Gasteiger partial charge on any atom is -0.437 e. The molecular formula is C21H18N6O3S. The van der Waals surface area contributed by atoms with Gasteiger partial charge in [-0.05, 0) is 31.5 Å². The Balaban J connectivity index is 1.73. The van der Waals surface area contributed by atoms with Crippen molar-refractivity contribution in [2.24, 2.45) is 7.05 Å². The molecule has 0 spiro atoms. The summed E-state index contributed by atoms with van der Waals surface area (Å²) in [5, 5.41) is 9.06. The fraction of sp³-hybridized carbons (Fsp3) is 0.190. The van der Waals surface area contributed by atoms with Crippen LogP contribution in [-0.4, -0.2) is 31.1 Å². The highest BCUT2D eigenvalue weighted by Gasteiger charge is 2.19. The maximum atomic E-state index is 9.06. The molecule has 0 aliphatic heterocycles. The van der Waals surface area contributed by atoms with Crippen LogP contribution in [0, 0.1) is 18.3 Å². The minimum absolute atomic E-state index is 0.277. The molecule has 0 atom stereocenters. The SMILES string of the molecule is CCOSOc1cc(Oc2cc(C#N)ccn2)cnc1-c1nc2cc(C)cnc2n1C. The summed E-state index contributed by atoms with van der Waals surface area (Å²) < 4.78 is 18.6. The normalized spacial score (nSPS) is 10.8. The van der Waals surface area contributed by atoms with Crippen LogP contribution in [0.15, 0.2) is 42.9 Å². The average Bonchev–Trinajstić information content (AvgIpc) is 3.09. The van der Waals surface area contributed by atoms with Crippen LogP contribution in [0.5, 0.6) is 17.4 Å². The summed E-state index contributed by atoms with van der Waals surface area (Å²) in [6.07, 6.45) is 4.85. The molecule has 0 saturated carbocycles. The van der Waals surface area contributed by atoms with Crippen molar-refractivity contribution in [3.63, 3.8) is 0 Å². The predicted molar refractivity (Wildman–Crippen MR) is 115 cm³/mol. The maximum absolute atomic E-state index is 9.06. The van der Waals surface area contributed by atoms with Crippen LogP contribution in [0.2, 0.25) is 0 Å². The maximum Gasteiger partial charge on any atom is 0.225 e. The summed E-state index contributed by atoms with van der Waals surface area (Å²) in [5.74, 6) is 1.67. The molecule has 156 valence electrons. The molecule has 0 radical (unpaired) electrons. The second-order valence-corrected chi connectivity index (χ2v) is 7.06. The number of hydrogen-bond acceptors (Lipinski definition) is 9. The van der Waals surface area contributed by atoms with E-state index < -0.39 is 0 Å². The van der Waals surface area contributed by atoms with Crippen molar-refractivity contribution in [3.05, 3.63) is 54.0 Å². The highest BCUT2D eigenvalue weighted by molar-refractivity contribution is 7.90. The van der Waals surface area contributed by atoms with Gasteiger partial charge in [-0.1, -0.05) is 0 Å². The molecule has 0 N–H and O–H groups in total. The van der Waals surface area contributed by atoms with Crippen LogP contribution >= 0.6 is 12.3 Å². The summed E-state index contributed by atoms with van der Waals surface area (Å²) >= 11 is 0.845. The van der Waals surface area contributed by atoms with Gasteiger partial charge in [-0.25, -0.2) is 19.9 Å². The summed E-state index contributed by atoms with van der Waals surface area (Å²) in [6.45, 7) is 4.31. The lowest BCUT2D eigenvalue weighted by Crippen LogP contribution is -1.99. The number of hydrogen-bond donors (Lipinski definition) is 0. The average molecular weight is 434 g/mol. The van der Waals surface area contributed by atoms with Crippen LogP contribution < -0.4 is 8.92 Å². The van der Waals surface area contributed by atoms with Gasteiger partial charge in [0.2, 0.25) is 18.2 Å². The van der Waals surface area contributed by atoms with Gasteiger partial charge >= 0.3 is 0 Å². The van der Waals surface area contributed by atoms with Gasteiger partial charge in [0.1, 0.15) is 11.2 Å². The van der Waals surface area contributed by atoms with E-state index in [4.69, 9.17) is 18.4 Å². The molecule has 4 heterocycles. The predicted octanol–water partition coefficient (Wildman–Crippen LogP) is 4.38. The van der Waals surface area contributed by atoms with Crippen LogP contribution in [0.1, 0.15) is 18.1 Å². The number of aryl methyl sites for hydroxylation is 2. The summed E-state index contributed by atoms with van der Waals surface area (Å²) in [4.78, 5) is 17.8. The van der Waals surface area contributed by atoms with E-state index in [1.807, 2.05) is 31.5 Å². The van der Waals surface area contributed by atoms with Crippen molar-refractivity contribution in [1.29, 1.82) is 5.26 Å². The molecule has 4 aromatic rings. The Labute approximate surface area is 183 Å². The van der Waals surface area contributed by atoms with Crippen molar-refractivity contribution in [2.45, 2.75) is 13.8 Å². The lowest BCUT2D eigenvalue weighted by molar-refractivity contribution is 0.369. The van der Waals surface area contributed by atoms with Crippen LogP contribution in [-0.2, 0) is 11.2 Å². The van der Waals surface area contributed by atoms with Crippen molar-refractivity contribution >= 4 is 23.5 Å². The Morgan fingerprint density at radius 1 is 1.16 bits per heavy atom. The van der Waals surface area contributed by atoms with Gasteiger partial charge in [0.25, 0.3) is 0 Å². The molecule has 4 rings (SSSR count). The molecule has 0 unspecified atom stereocenters. The first-order valence-electron chi connectivity index (χ1n) is 9.38. The van der Waals surface area contributed by atoms with E-state index in [0.29, 0.717) is 35.2 Å². The fourth-order valence-electron chi connectivity index (χ4n) is 2.87. The number of fused-ring (bicyclic) bond motifs is 1. The van der Waals surface area contributed by atoms with E-state index >= 15 is 0 Å². The summed E-state index contributed by atoms with van der Waals surface area (Å²) in [5.41, 5.74) is 3.48. The molecular weight excluding hydrogens is 416 g/mol.